The van der Waals surface area contributed by atoms with Crippen molar-refractivity contribution in [1.29, 1.82) is 0 Å². The Morgan fingerprint density at radius 1 is 1.45 bits per heavy atom. The summed E-state index contributed by atoms with van der Waals surface area (Å²) in [6, 6.07) is 2.96. The molecule has 0 saturated carbocycles. The second kappa shape index (κ2) is 5.09. The van der Waals surface area contributed by atoms with E-state index in [1.807, 2.05) is 9.95 Å². The van der Waals surface area contributed by atoms with E-state index >= 15 is 0 Å². The third-order valence-electron chi connectivity index (χ3n) is 3.13. The number of hydrogen-bond donors (Lipinski definition) is 1. The fraction of sp³-hybridized carbons (Fsp3) is 0.231. The maximum absolute atomic E-state index is 13.6. The van der Waals surface area contributed by atoms with E-state index in [-0.39, 0.29) is 5.75 Å². The lowest BCUT2D eigenvalue weighted by molar-refractivity contribution is 0.387. The second-order valence-electron chi connectivity index (χ2n) is 4.33. The molecule has 104 valence electrons. The molecule has 2 N–H and O–H groups in total. The Labute approximate surface area is 118 Å². The van der Waals surface area contributed by atoms with Crippen molar-refractivity contribution in [3.05, 3.63) is 34.5 Å². The molecule has 0 bridgehead atoms. The number of nitrogens with zero attached hydrogens (tertiary/aromatic N) is 3. The monoisotopic (exact) mass is 292 g/mol. The fourth-order valence-corrected chi connectivity index (χ4v) is 2.72. The van der Waals surface area contributed by atoms with Gasteiger partial charge in [-0.25, -0.2) is 14.4 Å². The van der Waals surface area contributed by atoms with Gasteiger partial charge in [0.05, 0.1) is 29.3 Å². The number of methoxy groups -OCH3 is 1. The zero-order chi connectivity index (χ0) is 14.1. The second-order valence-corrected chi connectivity index (χ2v) is 5.05. The average molecular weight is 292 g/mol. The average Bonchev–Trinajstić information content (AvgIpc) is 3.03. The zero-order valence-electron chi connectivity index (χ0n) is 10.8. The van der Waals surface area contributed by atoms with Crippen LogP contribution >= 0.6 is 11.3 Å². The first-order valence-corrected chi connectivity index (χ1v) is 6.99. The fourth-order valence-electron chi connectivity index (χ4n) is 2.12. The largest absolute Gasteiger partial charge is 0.494 e. The minimum Gasteiger partial charge on any atom is -0.494 e. The summed E-state index contributed by atoms with van der Waals surface area (Å²) in [6.45, 7) is 0.640. The van der Waals surface area contributed by atoms with E-state index in [1.54, 1.807) is 22.9 Å². The minimum atomic E-state index is -0.441. The number of ether oxygens (including phenoxy) is 1. The van der Waals surface area contributed by atoms with Crippen molar-refractivity contribution in [1.82, 2.24) is 14.5 Å². The van der Waals surface area contributed by atoms with Gasteiger partial charge in [0.2, 0.25) is 5.95 Å². The zero-order valence-corrected chi connectivity index (χ0v) is 11.7. The van der Waals surface area contributed by atoms with Crippen LogP contribution in [0.15, 0.2) is 23.0 Å². The molecule has 0 aliphatic rings. The summed E-state index contributed by atoms with van der Waals surface area (Å²) in [7, 11) is 1.43. The highest BCUT2D eigenvalue weighted by atomic mass is 32.1. The highest BCUT2D eigenvalue weighted by Gasteiger charge is 2.13. The third-order valence-corrected chi connectivity index (χ3v) is 3.76. The molecule has 0 radical (unpaired) electrons. The molecule has 0 spiro atoms. The number of nitrogen functional groups attached to an aromatic ring is 1. The number of nitrogens with two attached hydrogens (primary N) is 1. The van der Waals surface area contributed by atoms with Crippen LogP contribution in [0.1, 0.15) is 5.69 Å². The summed E-state index contributed by atoms with van der Waals surface area (Å²) in [5.41, 5.74) is 9.99. The van der Waals surface area contributed by atoms with E-state index < -0.39 is 5.82 Å². The standard InChI is InChI=1S/C13H13FN4OS/c1-19-12-5-11-10(4-9(12)14)17-13(15)18(11)3-2-8-6-20-7-16-8/h4-7H,2-3H2,1H3,(H2,15,17). The van der Waals surface area contributed by atoms with Crippen molar-refractivity contribution in [2.24, 2.45) is 0 Å². The molecule has 0 aliphatic heterocycles. The molecule has 3 rings (SSSR count). The molecule has 0 unspecified atom stereocenters. The summed E-state index contributed by atoms with van der Waals surface area (Å²) < 4.78 is 20.5. The minimum absolute atomic E-state index is 0.187. The third kappa shape index (κ3) is 2.20. The van der Waals surface area contributed by atoms with Gasteiger partial charge in [0, 0.05) is 30.5 Å². The molecular formula is C13H13FN4OS. The number of aromatic nitrogens is 3. The number of benzene rings is 1. The number of thiazole rings is 1. The van der Waals surface area contributed by atoms with Crippen molar-refractivity contribution < 1.29 is 9.13 Å². The van der Waals surface area contributed by atoms with Gasteiger partial charge >= 0.3 is 0 Å². The lowest BCUT2D eigenvalue weighted by Gasteiger charge is -2.06. The summed E-state index contributed by atoms with van der Waals surface area (Å²) in [5, 5.41) is 2.00. The highest BCUT2D eigenvalue weighted by Crippen LogP contribution is 2.26. The molecule has 2 heterocycles. The summed E-state index contributed by atoms with van der Waals surface area (Å²) in [5.74, 6) is 0.111. The van der Waals surface area contributed by atoms with Gasteiger partial charge in [0.25, 0.3) is 0 Å². The maximum Gasteiger partial charge on any atom is 0.201 e. The Morgan fingerprint density at radius 2 is 2.30 bits per heavy atom. The van der Waals surface area contributed by atoms with Crippen LogP contribution in [0.25, 0.3) is 11.0 Å². The van der Waals surface area contributed by atoms with E-state index in [4.69, 9.17) is 10.5 Å². The van der Waals surface area contributed by atoms with Gasteiger partial charge in [-0.15, -0.1) is 11.3 Å². The van der Waals surface area contributed by atoms with Gasteiger partial charge in [0.1, 0.15) is 0 Å². The van der Waals surface area contributed by atoms with Crippen molar-refractivity contribution in [2.75, 3.05) is 12.8 Å². The van der Waals surface area contributed by atoms with Crippen LogP contribution in [0, 0.1) is 5.82 Å². The molecule has 1 aromatic carbocycles. The number of imidazole rings is 1. The van der Waals surface area contributed by atoms with Crippen LogP contribution in [0.3, 0.4) is 0 Å². The maximum atomic E-state index is 13.6. The van der Waals surface area contributed by atoms with Crippen molar-refractivity contribution in [2.45, 2.75) is 13.0 Å². The molecule has 0 fully saturated rings. The van der Waals surface area contributed by atoms with E-state index in [9.17, 15) is 4.39 Å². The normalized spacial score (nSPS) is 11.1. The van der Waals surface area contributed by atoms with Crippen LogP contribution in [-0.2, 0) is 13.0 Å². The molecule has 5 nitrogen and oxygen atoms in total. The molecule has 2 aromatic heterocycles. The molecule has 0 aliphatic carbocycles. The first-order chi connectivity index (χ1) is 9.69. The summed E-state index contributed by atoms with van der Waals surface area (Å²) in [6.07, 6.45) is 0.749. The van der Waals surface area contributed by atoms with Crippen LogP contribution in [0.4, 0.5) is 10.3 Å². The Bertz CT molecular complexity index is 738. The van der Waals surface area contributed by atoms with Gasteiger partial charge in [-0.3, -0.25) is 0 Å². The van der Waals surface area contributed by atoms with Crippen LogP contribution in [-0.4, -0.2) is 21.6 Å². The number of rotatable bonds is 4. The Hall–Kier alpha value is -2.15. The molecule has 7 heteroatoms. The van der Waals surface area contributed by atoms with Crippen molar-refractivity contribution >= 4 is 28.3 Å². The molecule has 0 amide bonds. The van der Waals surface area contributed by atoms with Crippen molar-refractivity contribution in [3.63, 3.8) is 0 Å². The lowest BCUT2D eigenvalue weighted by atomic mass is 10.2. The van der Waals surface area contributed by atoms with Crippen LogP contribution in [0.2, 0.25) is 0 Å². The highest BCUT2D eigenvalue weighted by molar-refractivity contribution is 7.07. The van der Waals surface area contributed by atoms with Crippen LogP contribution in [0.5, 0.6) is 5.75 Å². The molecule has 0 saturated heterocycles. The quantitative estimate of drug-likeness (QED) is 0.802. The first kappa shape index (κ1) is 12.9. The van der Waals surface area contributed by atoms with Gasteiger partial charge in [-0.05, 0) is 0 Å². The van der Waals surface area contributed by atoms with E-state index in [0.29, 0.717) is 18.0 Å². The summed E-state index contributed by atoms with van der Waals surface area (Å²) in [4.78, 5) is 8.41. The van der Waals surface area contributed by atoms with Gasteiger partial charge in [0.15, 0.2) is 11.6 Å². The first-order valence-electron chi connectivity index (χ1n) is 6.05. The Kier molecular flexibility index (Phi) is 3.27. The van der Waals surface area contributed by atoms with E-state index in [0.717, 1.165) is 17.6 Å². The van der Waals surface area contributed by atoms with Gasteiger partial charge < -0.3 is 15.0 Å². The molecule has 20 heavy (non-hydrogen) atoms. The number of hydrogen-bond acceptors (Lipinski definition) is 5. The number of aryl methyl sites for hydroxylation is 2. The smallest absolute Gasteiger partial charge is 0.201 e. The number of halogens is 1. The predicted molar refractivity (Wildman–Crippen MR) is 76.5 cm³/mol. The topological polar surface area (TPSA) is 66.0 Å². The van der Waals surface area contributed by atoms with Crippen LogP contribution < -0.4 is 10.5 Å². The SMILES string of the molecule is COc1cc2c(cc1F)nc(N)n2CCc1cscn1. The lowest BCUT2D eigenvalue weighted by Crippen LogP contribution is -2.06. The summed E-state index contributed by atoms with van der Waals surface area (Å²) >= 11 is 1.56. The van der Waals surface area contributed by atoms with E-state index in [2.05, 4.69) is 9.97 Å². The Balaban J connectivity index is 1.98. The predicted octanol–water partition coefficient (Wildman–Crippen LogP) is 2.47. The van der Waals surface area contributed by atoms with Crippen molar-refractivity contribution in [3.8, 4) is 5.75 Å². The molecule has 3 aromatic rings. The van der Waals surface area contributed by atoms with E-state index in [1.165, 1.54) is 13.2 Å². The Morgan fingerprint density at radius 3 is 3.00 bits per heavy atom. The molecule has 0 atom stereocenters. The van der Waals surface area contributed by atoms with Gasteiger partial charge in [-0.1, -0.05) is 0 Å². The molecular weight excluding hydrogens is 279 g/mol. The van der Waals surface area contributed by atoms with Gasteiger partial charge in [-0.2, -0.15) is 0 Å². The number of anilines is 1. The number of fused-ring (bicyclic) bond motifs is 1.